The molecule has 1 fully saturated rings. The summed E-state index contributed by atoms with van der Waals surface area (Å²) < 4.78 is 28.6. The predicted octanol–water partition coefficient (Wildman–Crippen LogP) is 0.762. The van der Waals surface area contributed by atoms with Gasteiger partial charge in [-0.25, -0.2) is 8.42 Å². The average Bonchev–Trinajstić information content (AvgIpc) is 2.83. The van der Waals surface area contributed by atoms with E-state index in [2.05, 4.69) is 10.2 Å². The number of nitrogens with zero attached hydrogens (tertiary/aromatic N) is 2. The Morgan fingerprint density at radius 2 is 2.10 bits per heavy atom. The molecule has 0 spiro atoms. The molecule has 0 atom stereocenters. The molecule has 1 amide bonds. The van der Waals surface area contributed by atoms with E-state index >= 15 is 0 Å². The van der Waals surface area contributed by atoms with Crippen LogP contribution in [0.5, 0.6) is 0 Å². The number of H-pyrrole nitrogens is 1. The number of nitrogens with one attached hydrogen (secondary N) is 1. The van der Waals surface area contributed by atoms with Crippen molar-refractivity contribution in [2.45, 2.75) is 24.7 Å². The second kappa shape index (κ2) is 6.11. The third-order valence-corrected chi connectivity index (χ3v) is 4.43. The molecule has 7 nitrogen and oxygen atoms in total. The number of rotatable bonds is 4. The van der Waals surface area contributed by atoms with Gasteiger partial charge < -0.3 is 9.64 Å². The summed E-state index contributed by atoms with van der Waals surface area (Å²) in [5.41, 5.74) is 0.240. The molecule has 0 unspecified atom stereocenters. The SMILES string of the molecule is CCCc1[nH]nc(C(=O)N2CCOCC2)c1S(=O)(=O)Cl. The van der Waals surface area contributed by atoms with Crippen LogP contribution in [0, 0.1) is 0 Å². The zero-order valence-corrected chi connectivity index (χ0v) is 12.6. The highest BCUT2D eigenvalue weighted by atomic mass is 35.7. The Kier molecular flexibility index (Phi) is 4.66. The Morgan fingerprint density at radius 3 is 2.65 bits per heavy atom. The molecule has 0 radical (unpaired) electrons. The molecule has 112 valence electrons. The molecule has 1 aliphatic heterocycles. The number of hydrogen-bond donors (Lipinski definition) is 1. The van der Waals surface area contributed by atoms with Crippen LogP contribution in [0.25, 0.3) is 0 Å². The minimum absolute atomic E-state index is 0.134. The minimum atomic E-state index is -4.03. The first-order valence-corrected chi connectivity index (χ1v) is 8.65. The standard InChI is InChI=1S/C11H16ClN3O4S/c1-2-3-8-10(20(12,17)18)9(14-13-8)11(16)15-4-6-19-7-5-15/h2-7H2,1H3,(H,13,14). The van der Waals surface area contributed by atoms with Gasteiger partial charge in [-0.05, 0) is 6.42 Å². The average molecular weight is 322 g/mol. The highest BCUT2D eigenvalue weighted by Gasteiger charge is 2.31. The van der Waals surface area contributed by atoms with Crippen molar-refractivity contribution in [1.82, 2.24) is 15.1 Å². The molecule has 0 saturated carbocycles. The summed E-state index contributed by atoms with van der Waals surface area (Å²) in [6.45, 7) is 3.59. The van der Waals surface area contributed by atoms with Gasteiger partial charge in [0.2, 0.25) is 0 Å². The van der Waals surface area contributed by atoms with E-state index in [9.17, 15) is 13.2 Å². The number of aryl methyl sites for hydroxylation is 1. The number of aromatic nitrogens is 2. The molecule has 1 N–H and O–H groups in total. The molecular weight excluding hydrogens is 306 g/mol. The van der Waals surface area contributed by atoms with Gasteiger partial charge in [-0.1, -0.05) is 13.3 Å². The lowest BCUT2D eigenvalue weighted by Crippen LogP contribution is -2.41. The van der Waals surface area contributed by atoms with E-state index in [-0.39, 0.29) is 10.6 Å². The van der Waals surface area contributed by atoms with Gasteiger partial charge in [0, 0.05) is 23.8 Å². The van der Waals surface area contributed by atoms with E-state index in [1.807, 2.05) is 6.92 Å². The van der Waals surface area contributed by atoms with Crippen molar-refractivity contribution in [3.8, 4) is 0 Å². The number of ether oxygens (including phenoxy) is 1. The summed E-state index contributed by atoms with van der Waals surface area (Å²) in [6, 6.07) is 0. The van der Waals surface area contributed by atoms with Gasteiger partial charge in [0.25, 0.3) is 15.0 Å². The van der Waals surface area contributed by atoms with Crippen molar-refractivity contribution >= 4 is 25.6 Å². The molecule has 0 aromatic carbocycles. The van der Waals surface area contributed by atoms with E-state index in [1.165, 1.54) is 4.90 Å². The number of carbonyl (C=O) groups excluding carboxylic acids is 1. The van der Waals surface area contributed by atoms with Crippen molar-refractivity contribution in [2.24, 2.45) is 0 Å². The number of halogens is 1. The molecule has 2 heterocycles. The Labute approximate surface area is 121 Å². The van der Waals surface area contributed by atoms with Crippen molar-refractivity contribution in [3.05, 3.63) is 11.4 Å². The van der Waals surface area contributed by atoms with Crippen molar-refractivity contribution in [3.63, 3.8) is 0 Å². The largest absolute Gasteiger partial charge is 0.378 e. The van der Waals surface area contributed by atoms with Crippen molar-refractivity contribution < 1.29 is 17.9 Å². The topological polar surface area (TPSA) is 92.4 Å². The Morgan fingerprint density at radius 1 is 1.45 bits per heavy atom. The number of amides is 1. The van der Waals surface area contributed by atoms with E-state index in [0.717, 1.165) is 0 Å². The first kappa shape index (κ1) is 15.3. The fraction of sp³-hybridized carbons (Fsp3) is 0.636. The summed E-state index contributed by atoms with van der Waals surface area (Å²) in [5, 5.41) is 6.47. The van der Waals surface area contributed by atoms with Crippen LogP contribution >= 0.6 is 10.7 Å². The smallest absolute Gasteiger partial charge is 0.275 e. The van der Waals surface area contributed by atoms with Crippen LogP contribution in [0.3, 0.4) is 0 Å². The zero-order chi connectivity index (χ0) is 14.8. The van der Waals surface area contributed by atoms with E-state index in [1.54, 1.807) is 0 Å². The number of carbonyl (C=O) groups is 1. The first-order valence-electron chi connectivity index (χ1n) is 6.34. The van der Waals surface area contributed by atoms with Gasteiger partial charge in [0.05, 0.1) is 18.9 Å². The summed E-state index contributed by atoms with van der Waals surface area (Å²) in [4.78, 5) is 13.7. The summed E-state index contributed by atoms with van der Waals surface area (Å²) in [6.07, 6.45) is 1.18. The molecule has 1 aliphatic rings. The lowest BCUT2D eigenvalue weighted by atomic mass is 10.2. The maximum Gasteiger partial charge on any atom is 0.275 e. The Bertz CT molecular complexity index is 593. The molecule has 0 bridgehead atoms. The second-order valence-corrected chi connectivity index (χ2v) is 6.98. The van der Waals surface area contributed by atoms with E-state index < -0.39 is 15.0 Å². The summed E-state index contributed by atoms with van der Waals surface area (Å²) in [7, 11) is 1.42. The van der Waals surface area contributed by atoms with Gasteiger partial charge in [-0.2, -0.15) is 5.10 Å². The van der Waals surface area contributed by atoms with E-state index in [0.29, 0.717) is 44.8 Å². The second-order valence-electron chi connectivity index (χ2n) is 4.47. The van der Waals surface area contributed by atoms with Crippen LogP contribution < -0.4 is 0 Å². The summed E-state index contributed by atoms with van der Waals surface area (Å²) >= 11 is 0. The van der Waals surface area contributed by atoms with Crippen LogP contribution in [0.1, 0.15) is 29.5 Å². The van der Waals surface area contributed by atoms with Gasteiger partial charge in [-0.15, -0.1) is 0 Å². The van der Waals surface area contributed by atoms with Crippen LogP contribution in [-0.2, 0) is 20.2 Å². The lowest BCUT2D eigenvalue weighted by Gasteiger charge is -2.26. The fourth-order valence-electron chi connectivity index (χ4n) is 2.11. The fourth-order valence-corrected chi connectivity index (χ4v) is 3.42. The lowest BCUT2D eigenvalue weighted by molar-refractivity contribution is 0.0296. The molecule has 1 aromatic rings. The Hall–Kier alpha value is -1.12. The third-order valence-electron chi connectivity index (χ3n) is 3.04. The maximum absolute atomic E-state index is 12.3. The number of aromatic amines is 1. The molecule has 0 aliphatic carbocycles. The highest BCUT2D eigenvalue weighted by molar-refractivity contribution is 8.13. The monoisotopic (exact) mass is 321 g/mol. The van der Waals surface area contributed by atoms with Crippen LogP contribution in [0.15, 0.2) is 4.90 Å². The third kappa shape index (κ3) is 3.13. The minimum Gasteiger partial charge on any atom is -0.378 e. The van der Waals surface area contributed by atoms with Crippen LogP contribution in [0.2, 0.25) is 0 Å². The van der Waals surface area contributed by atoms with Crippen LogP contribution in [0.4, 0.5) is 0 Å². The predicted molar refractivity (Wildman–Crippen MR) is 72.3 cm³/mol. The molecule has 1 saturated heterocycles. The van der Waals surface area contributed by atoms with E-state index in [4.69, 9.17) is 15.4 Å². The highest BCUT2D eigenvalue weighted by Crippen LogP contribution is 2.24. The molecule has 2 rings (SSSR count). The summed E-state index contributed by atoms with van der Waals surface area (Å²) in [5.74, 6) is -0.439. The van der Waals surface area contributed by atoms with Crippen molar-refractivity contribution in [2.75, 3.05) is 26.3 Å². The molecular formula is C11H16ClN3O4S. The maximum atomic E-state index is 12.3. The first-order chi connectivity index (χ1) is 9.45. The molecule has 20 heavy (non-hydrogen) atoms. The van der Waals surface area contributed by atoms with Gasteiger partial charge in [0.1, 0.15) is 4.90 Å². The zero-order valence-electron chi connectivity index (χ0n) is 11.1. The van der Waals surface area contributed by atoms with Gasteiger partial charge in [-0.3, -0.25) is 9.89 Å². The van der Waals surface area contributed by atoms with Crippen LogP contribution in [-0.4, -0.2) is 55.7 Å². The molecule has 1 aromatic heterocycles. The van der Waals surface area contributed by atoms with Crippen molar-refractivity contribution in [1.29, 1.82) is 0 Å². The van der Waals surface area contributed by atoms with Gasteiger partial charge in [0.15, 0.2) is 5.69 Å². The normalized spacial score (nSPS) is 16.4. The quantitative estimate of drug-likeness (QED) is 0.827. The molecule has 9 heteroatoms. The number of morpholine rings is 1. The Balaban J connectivity index is 2.38. The van der Waals surface area contributed by atoms with Gasteiger partial charge >= 0.3 is 0 Å². The number of hydrogen-bond acceptors (Lipinski definition) is 5.